The molecule has 0 aliphatic heterocycles. The minimum Gasteiger partial charge on any atom is -0.360 e. The second-order valence-corrected chi connectivity index (χ2v) is 7.80. The number of rotatable bonds is 2. The SMILES string of the molecule is N#Cc1c(/N=C/c2c[nH]c3c2ccc2ccccc23)sc2c1CCCC2. The predicted octanol–water partition coefficient (Wildman–Crippen LogP) is 5.88. The van der Waals surface area contributed by atoms with Gasteiger partial charge in [0.1, 0.15) is 11.1 Å². The van der Waals surface area contributed by atoms with Gasteiger partial charge in [-0.05, 0) is 36.6 Å². The van der Waals surface area contributed by atoms with Crippen molar-refractivity contribution < 1.29 is 0 Å². The number of nitrogens with one attached hydrogen (secondary N) is 1. The Kier molecular flexibility index (Phi) is 3.62. The molecule has 4 aromatic rings. The highest BCUT2D eigenvalue weighted by Crippen LogP contribution is 2.39. The molecule has 2 heterocycles. The summed E-state index contributed by atoms with van der Waals surface area (Å²) in [6.45, 7) is 0. The van der Waals surface area contributed by atoms with Gasteiger partial charge in [0.25, 0.3) is 0 Å². The summed E-state index contributed by atoms with van der Waals surface area (Å²) in [5.74, 6) is 0. The first-order valence-electron chi connectivity index (χ1n) is 8.92. The lowest BCUT2D eigenvalue weighted by Crippen LogP contribution is -1.99. The second-order valence-electron chi connectivity index (χ2n) is 6.71. The number of hydrogen-bond acceptors (Lipinski definition) is 3. The normalized spacial score (nSPS) is 14.1. The average Bonchev–Trinajstić information content (AvgIpc) is 3.27. The van der Waals surface area contributed by atoms with E-state index in [1.807, 2.05) is 12.4 Å². The molecule has 3 nitrogen and oxygen atoms in total. The van der Waals surface area contributed by atoms with Crippen molar-refractivity contribution in [2.45, 2.75) is 25.7 Å². The Bertz CT molecular complexity index is 1200. The third-order valence-electron chi connectivity index (χ3n) is 5.20. The van der Waals surface area contributed by atoms with Crippen molar-refractivity contribution in [2.75, 3.05) is 0 Å². The Labute approximate surface area is 155 Å². The predicted molar refractivity (Wildman–Crippen MR) is 109 cm³/mol. The van der Waals surface area contributed by atoms with Crippen LogP contribution in [0.4, 0.5) is 5.00 Å². The molecule has 1 aliphatic rings. The van der Waals surface area contributed by atoms with Crippen LogP contribution in [0, 0.1) is 11.3 Å². The number of thiophene rings is 1. The van der Waals surface area contributed by atoms with Gasteiger partial charge in [0, 0.05) is 33.6 Å². The summed E-state index contributed by atoms with van der Waals surface area (Å²) in [6, 6.07) is 15.0. The van der Waals surface area contributed by atoms with Crippen molar-refractivity contribution in [3.8, 4) is 6.07 Å². The monoisotopic (exact) mass is 355 g/mol. The zero-order valence-electron chi connectivity index (χ0n) is 14.2. The van der Waals surface area contributed by atoms with Gasteiger partial charge in [-0.25, -0.2) is 4.99 Å². The van der Waals surface area contributed by atoms with Crippen LogP contribution in [0.1, 0.15) is 34.4 Å². The largest absolute Gasteiger partial charge is 0.360 e. The molecule has 0 saturated carbocycles. The van der Waals surface area contributed by atoms with E-state index in [-0.39, 0.29) is 0 Å². The molecule has 126 valence electrons. The van der Waals surface area contributed by atoms with Gasteiger partial charge < -0.3 is 4.98 Å². The van der Waals surface area contributed by atoms with Crippen molar-refractivity contribution in [2.24, 2.45) is 4.99 Å². The van der Waals surface area contributed by atoms with Crippen LogP contribution in [0.5, 0.6) is 0 Å². The lowest BCUT2D eigenvalue weighted by Gasteiger charge is -2.09. The molecule has 2 aromatic carbocycles. The Balaban J connectivity index is 1.59. The fraction of sp³-hybridized carbons (Fsp3) is 0.182. The van der Waals surface area contributed by atoms with Crippen LogP contribution < -0.4 is 0 Å². The molecular formula is C22H17N3S. The molecule has 0 bridgehead atoms. The van der Waals surface area contributed by atoms with Crippen LogP contribution in [0.15, 0.2) is 47.6 Å². The molecule has 1 aliphatic carbocycles. The average molecular weight is 355 g/mol. The van der Waals surface area contributed by atoms with Crippen molar-refractivity contribution in [1.29, 1.82) is 5.26 Å². The van der Waals surface area contributed by atoms with Crippen molar-refractivity contribution in [3.63, 3.8) is 0 Å². The smallest absolute Gasteiger partial charge is 0.134 e. The van der Waals surface area contributed by atoms with Gasteiger partial charge in [-0.3, -0.25) is 0 Å². The number of nitriles is 1. The summed E-state index contributed by atoms with van der Waals surface area (Å²) in [4.78, 5) is 9.45. The highest BCUT2D eigenvalue weighted by Gasteiger charge is 2.20. The summed E-state index contributed by atoms with van der Waals surface area (Å²) in [7, 11) is 0. The molecule has 5 rings (SSSR count). The summed E-state index contributed by atoms with van der Waals surface area (Å²) in [5.41, 5.74) is 4.21. The number of fused-ring (bicyclic) bond motifs is 4. The van der Waals surface area contributed by atoms with Gasteiger partial charge in [-0.2, -0.15) is 5.26 Å². The van der Waals surface area contributed by atoms with Gasteiger partial charge in [-0.15, -0.1) is 11.3 Å². The van der Waals surface area contributed by atoms with Crippen LogP contribution >= 0.6 is 11.3 Å². The molecule has 0 unspecified atom stereocenters. The Morgan fingerprint density at radius 3 is 2.88 bits per heavy atom. The van der Waals surface area contributed by atoms with E-state index in [4.69, 9.17) is 4.99 Å². The number of H-pyrrole nitrogens is 1. The van der Waals surface area contributed by atoms with E-state index in [0.717, 1.165) is 39.9 Å². The van der Waals surface area contributed by atoms with Crippen molar-refractivity contribution >= 4 is 44.2 Å². The van der Waals surface area contributed by atoms with E-state index >= 15 is 0 Å². The van der Waals surface area contributed by atoms with Crippen molar-refractivity contribution in [3.05, 3.63) is 64.2 Å². The van der Waals surface area contributed by atoms with E-state index < -0.39 is 0 Å². The first kappa shape index (κ1) is 15.4. The topological polar surface area (TPSA) is 51.9 Å². The second kappa shape index (κ2) is 6.12. The number of aliphatic imine (C=N–C) groups is 1. The van der Waals surface area contributed by atoms with Gasteiger partial charge in [0.2, 0.25) is 0 Å². The highest BCUT2D eigenvalue weighted by molar-refractivity contribution is 7.16. The van der Waals surface area contributed by atoms with Crippen LogP contribution in [-0.4, -0.2) is 11.2 Å². The van der Waals surface area contributed by atoms with Crippen LogP contribution in [0.25, 0.3) is 21.7 Å². The highest BCUT2D eigenvalue weighted by atomic mass is 32.1. The molecule has 0 amide bonds. The van der Waals surface area contributed by atoms with E-state index in [1.54, 1.807) is 11.3 Å². The minimum absolute atomic E-state index is 0.784. The van der Waals surface area contributed by atoms with Crippen LogP contribution in [-0.2, 0) is 12.8 Å². The molecule has 26 heavy (non-hydrogen) atoms. The zero-order valence-corrected chi connectivity index (χ0v) is 15.1. The minimum atomic E-state index is 0.784. The number of aryl methyl sites for hydroxylation is 1. The lowest BCUT2D eigenvalue weighted by molar-refractivity contribution is 0.696. The third kappa shape index (κ3) is 2.36. The molecule has 2 aromatic heterocycles. The fourth-order valence-electron chi connectivity index (χ4n) is 3.89. The number of benzene rings is 2. The standard InChI is InChI=1S/C22H17N3S/c23-11-19-18-7-3-4-8-20(18)26-22(19)25-13-15-12-24-21-16-6-2-1-5-14(16)9-10-17(15)21/h1-2,5-6,9-10,12-13,24H,3-4,7-8H2/b25-13+. The Morgan fingerprint density at radius 1 is 1.08 bits per heavy atom. The maximum atomic E-state index is 9.59. The molecule has 4 heteroatoms. The third-order valence-corrected chi connectivity index (χ3v) is 6.40. The fourth-order valence-corrected chi connectivity index (χ4v) is 5.07. The number of aromatic nitrogens is 1. The summed E-state index contributed by atoms with van der Waals surface area (Å²) >= 11 is 1.69. The lowest BCUT2D eigenvalue weighted by atomic mass is 9.96. The van der Waals surface area contributed by atoms with Crippen molar-refractivity contribution in [1.82, 2.24) is 4.98 Å². The Hall–Kier alpha value is -2.90. The zero-order chi connectivity index (χ0) is 17.5. The van der Waals surface area contributed by atoms with Gasteiger partial charge in [0.05, 0.1) is 11.1 Å². The number of nitrogens with zero attached hydrogens (tertiary/aromatic N) is 2. The van der Waals surface area contributed by atoms with E-state index in [1.165, 1.54) is 34.1 Å². The molecular weight excluding hydrogens is 338 g/mol. The molecule has 1 N–H and O–H groups in total. The maximum absolute atomic E-state index is 9.59. The quantitative estimate of drug-likeness (QED) is 0.448. The summed E-state index contributed by atoms with van der Waals surface area (Å²) in [5, 5.41) is 14.0. The maximum Gasteiger partial charge on any atom is 0.134 e. The summed E-state index contributed by atoms with van der Waals surface area (Å²) < 4.78 is 0. The van der Waals surface area contributed by atoms with Crippen LogP contribution in [0.2, 0.25) is 0 Å². The van der Waals surface area contributed by atoms with Crippen LogP contribution in [0.3, 0.4) is 0 Å². The van der Waals surface area contributed by atoms with E-state index in [2.05, 4.69) is 47.5 Å². The van der Waals surface area contributed by atoms with E-state index in [0.29, 0.717) is 0 Å². The van der Waals surface area contributed by atoms with Gasteiger partial charge in [0.15, 0.2) is 0 Å². The van der Waals surface area contributed by atoms with Gasteiger partial charge >= 0.3 is 0 Å². The number of aromatic amines is 1. The molecule has 0 radical (unpaired) electrons. The molecule has 0 saturated heterocycles. The first-order valence-corrected chi connectivity index (χ1v) is 9.74. The Morgan fingerprint density at radius 2 is 1.96 bits per heavy atom. The van der Waals surface area contributed by atoms with E-state index in [9.17, 15) is 5.26 Å². The van der Waals surface area contributed by atoms with Gasteiger partial charge in [-0.1, -0.05) is 36.4 Å². The number of hydrogen-bond donors (Lipinski definition) is 1. The molecule has 0 atom stereocenters. The molecule has 0 fully saturated rings. The first-order chi connectivity index (χ1) is 12.8. The molecule has 0 spiro atoms. The summed E-state index contributed by atoms with van der Waals surface area (Å²) in [6.07, 6.45) is 8.40.